The van der Waals surface area contributed by atoms with Gasteiger partial charge in [-0.1, -0.05) is 25.1 Å². The van der Waals surface area contributed by atoms with Crippen LogP contribution >= 0.6 is 0 Å². The van der Waals surface area contributed by atoms with Crippen LogP contribution in [0.4, 0.5) is 11.5 Å². The van der Waals surface area contributed by atoms with Gasteiger partial charge in [-0.25, -0.2) is 15.0 Å². The Kier molecular flexibility index (Phi) is 5.23. The van der Waals surface area contributed by atoms with Crippen molar-refractivity contribution in [3.63, 3.8) is 0 Å². The summed E-state index contributed by atoms with van der Waals surface area (Å²) < 4.78 is 7.22. The van der Waals surface area contributed by atoms with Crippen molar-refractivity contribution in [3.8, 4) is 0 Å². The first-order valence-electron chi connectivity index (χ1n) is 9.30. The molecule has 0 saturated carbocycles. The van der Waals surface area contributed by atoms with Gasteiger partial charge in [0.25, 0.3) is 0 Å². The van der Waals surface area contributed by atoms with Gasteiger partial charge in [0.05, 0.1) is 12.9 Å². The first kappa shape index (κ1) is 18.8. The molecule has 0 spiro atoms. The summed E-state index contributed by atoms with van der Waals surface area (Å²) in [7, 11) is 0. The van der Waals surface area contributed by atoms with Gasteiger partial charge in [-0.2, -0.15) is 0 Å². The maximum Gasteiger partial charge on any atom is 0.168 e. The van der Waals surface area contributed by atoms with Crippen molar-refractivity contribution >= 4 is 22.7 Å². The van der Waals surface area contributed by atoms with E-state index >= 15 is 0 Å². The van der Waals surface area contributed by atoms with Gasteiger partial charge in [-0.15, -0.1) is 0 Å². The zero-order valence-corrected chi connectivity index (χ0v) is 15.4. The third-order valence-corrected chi connectivity index (χ3v) is 4.77. The zero-order valence-electron chi connectivity index (χ0n) is 15.4. The summed E-state index contributed by atoms with van der Waals surface area (Å²) in [5.41, 5.74) is 1.89. The van der Waals surface area contributed by atoms with E-state index in [0.29, 0.717) is 29.2 Å². The van der Waals surface area contributed by atoms with Crippen LogP contribution in [0, 0.1) is 0 Å². The lowest BCUT2D eigenvalue weighted by Gasteiger charge is -2.17. The summed E-state index contributed by atoms with van der Waals surface area (Å²) in [5.74, 6) is 1.20. The number of aryl methyl sites for hydroxylation is 1. The quantitative estimate of drug-likeness (QED) is 0.498. The van der Waals surface area contributed by atoms with E-state index in [0.717, 1.165) is 12.1 Å². The summed E-state index contributed by atoms with van der Waals surface area (Å²) in [6.07, 6.45) is -1.09. The van der Waals surface area contributed by atoms with Crippen molar-refractivity contribution < 1.29 is 20.1 Å². The highest BCUT2D eigenvalue weighted by Gasteiger charge is 2.44. The SMILES string of the molecule is CCCc1nc(Nc2ccccc2)c2ncn([C@@H]3O[C@H](CO)[C@@H](O)[C@H]3O)c2n1. The number of aliphatic hydroxyl groups excluding tert-OH is 3. The molecule has 28 heavy (non-hydrogen) atoms. The molecule has 4 atom stereocenters. The summed E-state index contributed by atoms with van der Waals surface area (Å²) in [4.78, 5) is 13.6. The molecule has 1 aliphatic rings. The largest absolute Gasteiger partial charge is 0.394 e. The monoisotopic (exact) mass is 385 g/mol. The Morgan fingerprint density at radius 2 is 1.93 bits per heavy atom. The van der Waals surface area contributed by atoms with E-state index in [1.54, 1.807) is 4.57 Å². The van der Waals surface area contributed by atoms with Gasteiger partial charge in [-0.3, -0.25) is 4.57 Å². The Hall–Kier alpha value is -2.59. The van der Waals surface area contributed by atoms with Crippen LogP contribution in [0.1, 0.15) is 25.4 Å². The normalized spacial score (nSPS) is 24.7. The number of nitrogens with zero attached hydrogens (tertiary/aromatic N) is 4. The Morgan fingerprint density at radius 3 is 2.61 bits per heavy atom. The van der Waals surface area contributed by atoms with Crippen LogP contribution in [0.15, 0.2) is 36.7 Å². The second-order valence-corrected chi connectivity index (χ2v) is 6.78. The highest BCUT2D eigenvalue weighted by atomic mass is 16.6. The fourth-order valence-corrected chi connectivity index (χ4v) is 3.34. The third-order valence-electron chi connectivity index (χ3n) is 4.77. The highest BCUT2D eigenvalue weighted by Crippen LogP contribution is 2.33. The Bertz CT molecular complexity index is 948. The number of benzene rings is 1. The second kappa shape index (κ2) is 7.80. The Morgan fingerprint density at radius 1 is 1.14 bits per heavy atom. The molecule has 1 fully saturated rings. The molecule has 2 aromatic heterocycles. The summed E-state index contributed by atoms with van der Waals surface area (Å²) in [6, 6.07) is 9.63. The number of hydrogen-bond donors (Lipinski definition) is 4. The molecule has 3 heterocycles. The molecule has 0 unspecified atom stereocenters. The van der Waals surface area contributed by atoms with Crippen LogP contribution in [0.3, 0.4) is 0 Å². The van der Waals surface area contributed by atoms with Gasteiger partial charge in [0.2, 0.25) is 0 Å². The van der Waals surface area contributed by atoms with Crippen LogP contribution in [0.2, 0.25) is 0 Å². The number of nitrogens with one attached hydrogen (secondary N) is 1. The number of imidazole rings is 1. The summed E-state index contributed by atoms with van der Waals surface area (Å²) in [5, 5.41) is 33.1. The number of aromatic nitrogens is 4. The minimum absolute atomic E-state index is 0.391. The van der Waals surface area contributed by atoms with Crippen LogP contribution in [0.5, 0.6) is 0 Å². The number of hydrogen-bond acceptors (Lipinski definition) is 8. The van der Waals surface area contributed by atoms with E-state index in [4.69, 9.17) is 4.74 Å². The van der Waals surface area contributed by atoms with Gasteiger partial charge < -0.3 is 25.4 Å². The van der Waals surface area contributed by atoms with Crippen molar-refractivity contribution in [1.82, 2.24) is 19.5 Å². The molecule has 1 saturated heterocycles. The molecule has 1 aliphatic heterocycles. The van der Waals surface area contributed by atoms with Gasteiger partial charge >= 0.3 is 0 Å². The molecule has 148 valence electrons. The van der Waals surface area contributed by atoms with E-state index in [-0.39, 0.29) is 0 Å². The first-order chi connectivity index (χ1) is 13.6. The maximum absolute atomic E-state index is 10.4. The molecule has 3 aromatic rings. The van der Waals surface area contributed by atoms with Crippen LogP contribution in [-0.4, -0.2) is 59.8 Å². The second-order valence-electron chi connectivity index (χ2n) is 6.78. The number of fused-ring (bicyclic) bond motifs is 1. The molecule has 4 N–H and O–H groups in total. The van der Waals surface area contributed by atoms with E-state index in [1.807, 2.05) is 37.3 Å². The van der Waals surface area contributed by atoms with Crippen molar-refractivity contribution in [3.05, 3.63) is 42.5 Å². The lowest BCUT2D eigenvalue weighted by atomic mass is 10.1. The lowest BCUT2D eigenvalue weighted by Crippen LogP contribution is -2.33. The van der Waals surface area contributed by atoms with Crippen molar-refractivity contribution in [2.24, 2.45) is 0 Å². The predicted octanol–water partition coefficient (Wildman–Crippen LogP) is 1.13. The van der Waals surface area contributed by atoms with Crippen molar-refractivity contribution in [1.29, 1.82) is 0 Å². The Labute approximate surface area is 161 Å². The van der Waals surface area contributed by atoms with Crippen LogP contribution < -0.4 is 5.32 Å². The molecule has 0 radical (unpaired) electrons. The average molecular weight is 385 g/mol. The minimum atomic E-state index is -1.20. The van der Waals surface area contributed by atoms with E-state index in [2.05, 4.69) is 20.3 Å². The predicted molar refractivity (Wildman–Crippen MR) is 102 cm³/mol. The molecule has 1 aromatic carbocycles. The number of aliphatic hydroxyl groups is 3. The molecule has 9 nitrogen and oxygen atoms in total. The molecule has 0 bridgehead atoms. The molecule has 9 heteroatoms. The molecular weight excluding hydrogens is 362 g/mol. The fourth-order valence-electron chi connectivity index (χ4n) is 3.34. The number of anilines is 2. The lowest BCUT2D eigenvalue weighted by molar-refractivity contribution is -0.0511. The van der Waals surface area contributed by atoms with Crippen molar-refractivity contribution in [2.75, 3.05) is 11.9 Å². The van der Waals surface area contributed by atoms with Crippen molar-refractivity contribution in [2.45, 2.75) is 44.3 Å². The first-order valence-corrected chi connectivity index (χ1v) is 9.30. The molecule has 0 amide bonds. The number of rotatable bonds is 6. The topological polar surface area (TPSA) is 126 Å². The third kappa shape index (κ3) is 3.33. The molecule has 0 aliphatic carbocycles. The Balaban J connectivity index is 1.77. The number of para-hydroxylation sites is 1. The number of ether oxygens (including phenoxy) is 1. The van der Waals surface area contributed by atoms with Crippen LogP contribution in [0.25, 0.3) is 11.2 Å². The standard InChI is InChI=1S/C19H23N5O4/c1-2-6-13-22-17(21-11-7-4-3-5-8-11)14-18(23-13)24(10-20-14)19-16(27)15(26)12(9-25)28-19/h3-5,7-8,10,12,15-16,19,25-27H,2,6,9H2,1H3,(H,21,22,23)/t12-,15-,16-,19-/m1/s1. The van der Waals surface area contributed by atoms with Gasteiger partial charge in [0.1, 0.15) is 24.1 Å². The van der Waals surface area contributed by atoms with E-state index in [9.17, 15) is 15.3 Å². The van der Waals surface area contributed by atoms with Gasteiger partial charge in [0, 0.05) is 12.1 Å². The zero-order chi connectivity index (χ0) is 19.7. The highest BCUT2D eigenvalue weighted by molar-refractivity contribution is 5.85. The van der Waals surface area contributed by atoms with Gasteiger partial charge in [-0.05, 0) is 18.6 Å². The molecular formula is C19H23N5O4. The van der Waals surface area contributed by atoms with Gasteiger partial charge in [0.15, 0.2) is 23.2 Å². The maximum atomic E-state index is 10.4. The minimum Gasteiger partial charge on any atom is -0.394 e. The van der Waals surface area contributed by atoms with E-state index < -0.39 is 31.1 Å². The molecule has 4 rings (SSSR count). The average Bonchev–Trinajstić information content (AvgIpc) is 3.24. The van der Waals surface area contributed by atoms with E-state index in [1.165, 1.54) is 6.33 Å². The summed E-state index contributed by atoms with van der Waals surface area (Å²) >= 11 is 0. The van der Waals surface area contributed by atoms with Crippen LogP contribution in [-0.2, 0) is 11.2 Å². The smallest absolute Gasteiger partial charge is 0.168 e. The fraction of sp³-hybridized carbons (Fsp3) is 0.421. The summed E-state index contributed by atoms with van der Waals surface area (Å²) in [6.45, 7) is 1.65.